The number of imidazole rings is 1. The van der Waals surface area contributed by atoms with Crippen LogP contribution in [0, 0.1) is 19.7 Å². The van der Waals surface area contributed by atoms with Crippen LogP contribution in [0.5, 0.6) is 0 Å². The first kappa shape index (κ1) is 18.2. The lowest BCUT2D eigenvalue weighted by atomic mass is 9.96. The molecule has 3 aromatic heterocycles. The predicted molar refractivity (Wildman–Crippen MR) is 109 cm³/mol. The third-order valence-electron chi connectivity index (χ3n) is 5.63. The van der Waals surface area contributed by atoms with Gasteiger partial charge in [0.15, 0.2) is 11.5 Å². The summed E-state index contributed by atoms with van der Waals surface area (Å²) in [6.45, 7) is 8.23. The summed E-state index contributed by atoms with van der Waals surface area (Å²) in [4.78, 5) is 6.18. The van der Waals surface area contributed by atoms with Gasteiger partial charge in [0.2, 0.25) is 0 Å². The van der Waals surface area contributed by atoms with Crippen LogP contribution in [0.4, 0.5) is 4.39 Å². The number of halogens is 1. The summed E-state index contributed by atoms with van der Waals surface area (Å²) in [6.07, 6.45) is 3.73. The van der Waals surface area contributed by atoms with Crippen molar-refractivity contribution in [1.82, 2.24) is 34.9 Å². The molecular formula is C21H24FN7. The second kappa shape index (κ2) is 6.59. The number of benzene rings is 1. The second-order valence-corrected chi connectivity index (χ2v) is 8.30. The maximum Gasteiger partial charge on any atom is 0.156 e. The normalized spacial score (nSPS) is 22.6. The van der Waals surface area contributed by atoms with Crippen LogP contribution >= 0.6 is 0 Å². The Morgan fingerprint density at radius 1 is 1.03 bits per heavy atom. The number of nitrogens with one attached hydrogen (secondary N) is 1. The molecule has 5 rings (SSSR count). The van der Waals surface area contributed by atoms with Crippen LogP contribution in [0.1, 0.15) is 44.0 Å². The molecule has 1 aromatic carbocycles. The Morgan fingerprint density at radius 2 is 1.79 bits per heavy atom. The molecule has 0 bridgehead atoms. The second-order valence-electron chi connectivity index (χ2n) is 8.30. The molecule has 2 atom stereocenters. The van der Waals surface area contributed by atoms with E-state index in [0.717, 1.165) is 29.7 Å². The molecule has 1 aliphatic rings. The van der Waals surface area contributed by atoms with Crippen molar-refractivity contribution in [2.75, 3.05) is 0 Å². The van der Waals surface area contributed by atoms with Crippen molar-refractivity contribution in [2.24, 2.45) is 0 Å². The molecule has 8 heteroatoms. The van der Waals surface area contributed by atoms with Gasteiger partial charge in [0.1, 0.15) is 11.0 Å². The first-order valence-electron chi connectivity index (χ1n) is 10.0. The Kier molecular flexibility index (Phi) is 4.13. The van der Waals surface area contributed by atoms with Crippen molar-refractivity contribution in [3.8, 4) is 11.3 Å². The number of hydrogen-bond acceptors (Lipinski definition) is 5. The summed E-state index contributed by atoms with van der Waals surface area (Å²) in [5.41, 5.74) is 4.94. The maximum absolute atomic E-state index is 14.9. The third kappa shape index (κ3) is 3.17. The van der Waals surface area contributed by atoms with Gasteiger partial charge in [-0.3, -0.25) is 0 Å². The average Bonchev–Trinajstić information content (AvgIpc) is 3.24. The number of aromatic nitrogens is 6. The van der Waals surface area contributed by atoms with Gasteiger partial charge in [-0.2, -0.15) is 15.0 Å². The largest absolute Gasteiger partial charge is 0.312 e. The number of piperidine rings is 1. The van der Waals surface area contributed by atoms with E-state index in [1.54, 1.807) is 9.31 Å². The first-order valence-corrected chi connectivity index (χ1v) is 10.0. The van der Waals surface area contributed by atoms with Gasteiger partial charge in [-0.1, -0.05) is 0 Å². The molecule has 4 aromatic rings. The smallest absolute Gasteiger partial charge is 0.156 e. The highest BCUT2D eigenvalue weighted by atomic mass is 19.1. The average molecular weight is 393 g/mol. The van der Waals surface area contributed by atoms with Gasteiger partial charge in [-0.05, 0) is 64.3 Å². The Hall–Kier alpha value is -2.87. The molecule has 7 nitrogen and oxygen atoms in total. The topological polar surface area (TPSA) is 72.9 Å². The molecule has 29 heavy (non-hydrogen) atoms. The minimum Gasteiger partial charge on any atom is -0.312 e. The van der Waals surface area contributed by atoms with Gasteiger partial charge >= 0.3 is 0 Å². The maximum atomic E-state index is 14.9. The summed E-state index contributed by atoms with van der Waals surface area (Å²) in [6, 6.07) is 6.23. The minimum atomic E-state index is -0.375. The van der Waals surface area contributed by atoms with Crippen LogP contribution in [-0.2, 0) is 0 Å². The highest BCUT2D eigenvalue weighted by molar-refractivity contribution is 5.81. The molecule has 0 unspecified atom stereocenters. The molecule has 150 valence electrons. The fraction of sp³-hybridized carbons (Fsp3) is 0.429. The lowest BCUT2D eigenvalue weighted by Crippen LogP contribution is -2.43. The SMILES string of the molecule is Cc1cn2nc(-c3cc(F)c4nn(C5C[C@@H](C)N[C@H](C)C5)nc4c3)cc(C)c2n1. The number of aryl methyl sites for hydroxylation is 2. The van der Waals surface area contributed by atoms with Crippen molar-refractivity contribution >= 4 is 16.7 Å². The Labute approximate surface area is 167 Å². The van der Waals surface area contributed by atoms with E-state index in [1.807, 2.05) is 32.2 Å². The van der Waals surface area contributed by atoms with Crippen molar-refractivity contribution < 1.29 is 4.39 Å². The Balaban J connectivity index is 1.58. The van der Waals surface area contributed by atoms with E-state index >= 15 is 0 Å². The molecule has 1 N–H and O–H groups in total. The van der Waals surface area contributed by atoms with Crippen molar-refractivity contribution in [2.45, 2.75) is 58.7 Å². The predicted octanol–water partition coefficient (Wildman–Crippen LogP) is 3.60. The highest BCUT2D eigenvalue weighted by Gasteiger charge is 2.26. The quantitative estimate of drug-likeness (QED) is 0.563. The van der Waals surface area contributed by atoms with Crippen LogP contribution < -0.4 is 5.32 Å². The molecule has 0 spiro atoms. The van der Waals surface area contributed by atoms with Crippen molar-refractivity contribution in [3.63, 3.8) is 0 Å². The summed E-state index contributed by atoms with van der Waals surface area (Å²) < 4.78 is 16.7. The first-order chi connectivity index (χ1) is 13.9. The highest BCUT2D eigenvalue weighted by Crippen LogP contribution is 2.28. The zero-order chi connectivity index (χ0) is 20.3. The lowest BCUT2D eigenvalue weighted by Gasteiger charge is -2.32. The van der Waals surface area contributed by atoms with Gasteiger partial charge in [0.25, 0.3) is 0 Å². The van der Waals surface area contributed by atoms with E-state index in [-0.39, 0.29) is 11.9 Å². The summed E-state index contributed by atoms with van der Waals surface area (Å²) in [5, 5.41) is 17.2. The van der Waals surface area contributed by atoms with E-state index < -0.39 is 0 Å². The fourth-order valence-electron chi connectivity index (χ4n) is 4.41. The minimum absolute atomic E-state index is 0.169. The van der Waals surface area contributed by atoms with E-state index in [2.05, 4.69) is 39.4 Å². The number of fused-ring (bicyclic) bond motifs is 2. The molecule has 0 amide bonds. The van der Waals surface area contributed by atoms with Crippen molar-refractivity contribution in [3.05, 3.63) is 41.5 Å². The van der Waals surface area contributed by atoms with Crippen molar-refractivity contribution in [1.29, 1.82) is 0 Å². The van der Waals surface area contributed by atoms with E-state index in [9.17, 15) is 4.39 Å². The van der Waals surface area contributed by atoms with Gasteiger partial charge < -0.3 is 5.32 Å². The van der Waals surface area contributed by atoms with Crippen LogP contribution in [0.25, 0.3) is 27.9 Å². The van der Waals surface area contributed by atoms with Gasteiger partial charge in [-0.25, -0.2) is 13.9 Å². The molecule has 1 fully saturated rings. The molecular weight excluding hydrogens is 369 g/mol. The number of rotatable bonds is 2. The van der Waals surface area contributed by atoms with Gasteiger partial charge in [-0.15, -0.1) is 5.10 Å². The number of hydrogen-bond donors (Lipinski definition) is 1. The monoisotopic (exact) mass is 393 g/mol. The Morgan fingerprint density at radius 3 is 2.55 bits per heavy atom. The van der Waals surface area contributed by atoms with Crippen LogP contribution in [0.2, 0.25) is 0 Å². The van der Waals surface area contributed by atoms with Crippen LogP contribution in [-0.4, -0.2) is 41.7 Å². The zero-order valence-electron chi connectivity index (χ0n) is 17.0. The molecule has 0 aliphatic carbocycles. The summed E-state index contributed by atoms with van der Waals surface area (Å²) >= 11 is 0. The zero-order valence-corrected chi connectivity index (χ0v) is 17.0. The Bertz CT molecular complexity index is 1210. The molecule has 0 radical (unpaired) electrons. The lowest BCUT2D eigenvalue weighted by molar-refractivity contribution is 0.234. The standard InChI is InChI=1S/C21H24FN7/c1-11-5-18(25-28-10-14(4)24-21(11)28)15-8-17(22)20-19(9-15)26-29(27-20)16-6-12(2)23-13(3)7-16/h5,8-10,12-13,16,23H,6-7H2,1-4H3/t12-,13-/m1/s1. The van der Waals surface area contributed by atoms with Crippen LogP contribution in [0.3, 0.4) is 0 Å². The summed E-state index contributed by atoms with van der Waals surface area (Å²) in [7, 11) is 0. The fourth-order valence-corrected chi connectivity index (χ4v) is 4.41. The summed E-state index contributed by atoms with van der Waals surface area (Å²) in [5.74, 6) is -0.375. The molecule has 1 saturated heterocycles. The van der Waals surface area contributed by atoms with E-state index in [0.29, 0.717) is 34.4 Å². The van der Waals surface area contributed by atoms with E-state index in [1.165, 1.54) is 6.07 Å². The van der Waals surface area contributed by atoms with Gasteiger partial charge in [0, 0.05) is 17.6 Å². The molecule has 4 heterocycles. The van der Waals surface area contributed by atoms with Crippen LogP contribution in [0.15, 0.2) is 24.4 Å². The number of nitrogens with zero attached hydrogens (tertiary/aromatic N) is 6. The molecule has 1 aliphatic heterocycles. The van der Waals surface area contributed by atoms with E-state index in [4.69, 9.17) is 0 Å². The molecule has 0 saturated carbocycles. The van der Waals surface area contributed by atoms with Gasteiger partial charge in [0.05, 0.1) is 23.6 Å². The third-order valence-corrected chi connectivity index (χ3v) is 5.63.